The van der Waals surface area contributed by atoms with Crippen LogP contribution in [0.25, 0.3) is 0 Å². The Bertz CT molecular complexity index is 326. The number of hydrogen-bond acceptors (Lipinski definition) is 3. The highest BCUT2D eigenvalue weighted by molar-refractivity contribution is 5.29. The Morgan fingerprint density at radius 3 is 2.76 bits per heavy atom. The van der Waals surface area contributed by atoms with Gasteiger partial charge in [-0.05, 0) is 32.0 Å². The van der Waals surface area contributed by atoms with Gasteiger partial charge in [0.1, 0.15) is 5.75 Å². The second kappa shape index (κ2) is 8.07. The zero-order valence-electron chi connectivity index (χ0n) is 11.0. The van der Waals surface area contributed by atoms with E-state index in [-0.39, 0.29) is 0 Å². The molecule has 0 aliphatic rings. The van der Waals surface area contributed by atoms with Crippen LogP contribution >= 0.6 is 0 Å². The monoisotopic (exact) mass is 236 g/mol. The Morgan fingerprint density at radius 2 is 2.06 bits per heavy atom. The predicted octanol–water partition coefficient (Wildman–Crippen LogP) is 2.85. The smallest absolute Gasteiger partial charge is 0.140 e. The van der Waals surface area contributed by atoms with Crippen molar-refractivity contribution < 1.29 is 4.74 Å². The highest BCUT2D eigenvalue weighted by Gasteiger charge is 2.04. The molecule has 0 aromatic carbocycles. The second-order valence-electron chi connectivity index (χ2n) is 4.35. The van der Waals surface area contributed by atoms with Gasteiger partial charge in [0, 0.05) is 12.1 Å². The van der Waals surface area contributed by atoms with Gasteiger partial charge in [0.05, 0.1) is 12.3 Å². The average molecular weight is 236 g/mol. The van der Waals surface area contributed by atoms with Gasteiger partial charge in [-0.3, -0.25) is 4.98 Å². The van der Waals surface area contributed by atoms with E-state index in [4.69, 9.17) is 10.5 Å². The molecule has 0 aliphatic carbocycles. The van der Waals surface area contributed by atoms with Crippen molar-refractivity contribution in [3.8, 4) is 5.75 Å². The van der Waals surface area contributed by atoms with Gasteiger partial charge in [-0.15, -0.1) is 0 Å². The summed E-state index contributed by atoms with van der Waals surface area (Å²) in [4.78, 5) is 4.47. The normalized spacial score (nSPS) is 10.5. The van der Waals surface area contributed by atoms with Crippen LogP contribution in [-0.4, -0.2) is 18.1 Å². The molecule has 0 aliphatic heterocycles. The van der Waals surface area contributed by atoms with Crippen molar-refractivity contribution in [1.82, 2.24) is 4.98 Å². The van der Waals surface area contributed by atoms with Gasteiger partial charge >= 0.3 is 0 Å². The molecule has 1 aromatic heterocycles. The molecule has 0 bridgehead atoms. The van der Waals surface area contributed by atoms with Crippen molar-refractivity contribution in [1.29, 1.82) is 0 Å². The zero-order chi connectivity index (χ0) is 12.5. The maximum Gasteiger partial charge on any atom is 0.140 e. The first-order chi connectivity index (χ1) is 8.27. The minimum Gasteiger partial charge on any atom is -0.492 e. The molecular formula is C14H24N2O. The van der Waals surface area contributed by atoms with Gasteiger partial charge in [0.2, 0.25) is 0 Å². The van der Waals surface area contributed by atoms with Crippen molar-refractivity contribution in [3.63, 3.8) is 0 Å². The molecule has 96 valence electrons. The van der Waals surface area contributed by atoms with Crippen LogP contribution in [0.4, 0.5) is 0 Å². The Kier molecular flexibility index (Phi) is 6.63. The van der Waals surface area contributed by atoms with Crippen molar-refractivity contribution in [3.05, 3.63) is 23.5 Å². The number of aromatic nitrogens is 1. The van der Waals surface area contributed by atoms with Crippen LogP contribution in [0.2, 0.25) is 0 Å². The summed E-state index contributed by atoms with van der Waals surface area (Å²) in [5.74, 6) is 0.901. The van der Waals surface area contributed by atoms with Gasteiger partial charge in [-0.1, -0.05) is 26.2 Å². The van der Waals surface area contributed by atoms with Gasteiger partial charge in [0.25, 0.3) is 0 Å². The number of aryl methyl sites for hydroxylation is 1. The summed E-state index contributed by atoms with van der Waals surface area (Å²) in [5.41, 5.74) is 7.59. The molecule has 0 fully saturated rings. The van der Waals surface area contributed by atoms with Crippen LogP contribution < -0.4 is 10.5 Å². The summed E-state index contributed by atoms with van der Waals surface area (Å²) in [6, 6.07) is 3.99. The van der Waals surface area contributed by atoms with Crippen molar-refractivity contribution in [2.24, 2.45) is 5.73 Å². The minimum absolute atomic E-state index is 0.614. The average Bonchev–Trinajstić information content (AvgIpc) is 2.32. The molecule has 0 radical (unpaired) electrons. The first kappa shape index (κ1) is 14.0. The summed E-state index contributed by atoms with van der Waals surface area (Å²) in [6.07, 6.45) is 5.67. The highest BCUT2D eigenvalue weighted by atomic mass is 16.5. The summed E-state index contributed by atoms with van der Waals surface area (Å²) < 4.78 is 5.77. The SMILES string of the molecule is CCCCCCOc1ccc(C)nc1CCN. The predicted molar refractivity (Wildman–Crippen MR) is 71.4 cm³/mol. The van der Waals surface area contributed by atoms with Crippen molar-refractivity contribution in [2.75, 3.05) is 13.2 Å². The Balaban J connectivity index is 2.45. The number of hydrogen-bond donors (Lipinski definition) is 1. The van der Waals surface area contributed by atoms with Gasteiger partial charge in [-0.25, -0.2) is 0 Å². The molecule has 2 N–H and O–H groups in total. The van der Waals surface area contributed by atoms with Gasteiger partial charge in [-0.2, -0.15) is 0 Å². The summed E-state index contributed by atoms with van der Waals surface area (Å²) in [6.45, 7) is 5.60. The summed E-state index contributed by atoms with van der Waals surface area (Å²) >= 11 is 0. The maximum atomic E-state index is 5.77. The number of nitrogens with two attached hydrogens (primary N) is 1. The third-order valence-electron chi connectivity index (χ3n) is 2.71. The topological polar surface area (TPSA) is 48.1 Å². The molecule has 0 spiro atoms. The van der Waals surface area contributed by atoms with Crippen LogP contribution in [-0.2, 0) is 6.42 Å². The van der Waals surface area contributed by atoms with Crippen LogP contribution in [0.1, 0.15) is 44.0 Å². The lowest BCUT2D eigenvalue weighted by Crippen LogP contribution is -2.08. The minimum atomic E-state index is 0.614. The molecule has 1 heterocycles. The van der Waals surface area contributed by atoms with E-state index in [9.17, 15) is 0 Å². The standard InChI is InChI=1S/C14H24N2O/c1-3-4-5-6-11-17-14-8-7-12(2)16-13(14)9-10-15/h7-8H,3-6,9-11,15H2,1-2H3. The molecule has 0 saturated heterocycles. The zero-order valence-corrected chi connectivity index (χ0v) is 11.0. The Labute approximate surface area is 104 Å². The Morgan fingerprint density at radius 1 is 1.24 bits per heavy atom. The van der Waals surface area contributed by atoms with Crippen molar-refractivity contribution in [2.45, 2.75) is 46.0 Å². The van der Waals surface area contributed by atoms with E-state index >= 15 is 0 Å². The third kappa shape index (κ3) is 5.18. The fourth-order valence-electron chi connectivity index (χ4n) is 1.76. The molecular weight excluding hydrogens is 212 g/mol. The van der Waals surface area contributed by atoms with E-state index in [2.05, 4.69) is 11.9 Å². The number of nitrogens with zero attached hydrogens (tertiary/aromatic N) is 1. The summed E-state index contributed by atoms with van der Waals surface area (Å²) in [7, 11) is 0. The molecule has 0 unspecified atom stereocenters. The molecule has 17 heavy (non-hydrogen) atoms. The fraction of sp³-hybridized carbons (Fsp3) is 0.643. The van der Waals surface area contributed by atoms with E-state index in [0.717, 1.165) is 36.6 Å². The first-order valence-corrected chi connectivity index (χ1v) is 6.57. The van der Waals surface area contributed by atoms with Crippen LogP contribution in [0.3, 0.4) is 0 Å². The van der Waals surface area contributed by atoms with Crippen LogP contribution in [0.15, 0.2) is 12.1 Å². The van der Waals surface area contributed by atoms with E-state index < -0.39 is 0 Å². The highest BCUT2D eigenvalue weighted by Crippen LogP contribution is 2.17. The van der Waals surface area contributed by atoms with Crippen molar-refractivity contribution >= 4 is 0 Å². The largest absolute Gasteiger partial charge is 0.492 e. The van der Waals surface area contributed by atoms with E-state index in [1.165, 1.54) is 19.3 Å². The lowest BCUT2D eigenvalue weighted by Gasteiger charge is -2.10. The van der Waals surface area contributed by atoms with E-state index in [1.54, 1.807) is 0 Å². The lowest BCUT2D eigenvalue weighted by molar-refractivity contribution is 0.300. The molecule has 0 atom stereocenters. The fourth-order valence-corrected chi connectivity index (χ4v) is 1.76. The lowest BCUT2D eigenvalue weighted by atomic mass is 10.2. The Hall–Kier alpha value is -1.09. The van der Waals surface area contributed by atoms with Gasteiger partial charge in [0.15, 0.2) is 0 Å². The number of pyridine rings is 1. The molecule has 3 heteroatoms. The first-order valence-electron chi connectivity index (χ1n) is 6.57. The molecule has 3 nitrogen and oxygen atoms in total. The molecule has 1 rings (SSSR count). The maximum absolute atomic E-state index is 5.77. The number of ether oxygens (including phenoxy) is 1. The molecule has 1 aromatic rings. The van der Waals surface area contributed by atoms with Crippen LogP contribution in [0.5, 0.6) is 5.75 Å². The van der Waals surface area contributed by atoms with Gasteiger partial charge < -0.3 is 10.5 Å². The number of unbranched alkanes of at least 4 members (excludes halogenated alkanes) is 3. The molecule has 0 amide bonds. The van der Waals surface area contributed by atoms with E-state index in [1.807, 2.05) is 19.1 Å². The van der Waals surface area contributed by atoms with E-state index in [0.29, 0.717) is 6.54 Å². The number of rotatable bonds is 8. The van der Waals surface area contributed by atoms with Crippen LogP contribution in [0, 0.1) is 6.92 Å². The molecule has 0 saturated carbocycles. The summed E-state index contributed by atoms with van der Waals surface area (Å²) in [5, 5.41) is 0. The third-order valence-corrected chi connectivity index (χ3v) is 2.71. The quantitative estimate of drug-likeness (QED) is 0.706. The second-order valence-corrected chi connectivity index (χ2v) is 4.35.